The minimum Gasteiger partial charge on any atom is -0.321 e. The van der Waals surface area contributed by atoms with Crippen LogP contribution in [0, 0.1) is 5.82 Å². The summed E-state index contributed by atoms with van der Waals surface area (Å²) in [5.74, 6) is -0.222. The maximum Gasteiger partial charge on any atom is 0.189 e. The molecule has 1 heterocycles. The molecule has 0 atom stereocenters. The molecule has 0 aliphatic carbocycles. The highest BCUT2D eigenvalue weighted by atomic mass is 32.1. The van der Waals surface area contributed by atoms with Gasteiger partial charge in [-0.3, -0.25) is 0 Å². The Hall–Kier alpha value is -1.46. The minimum absolute atomic E-state index is 0.222. The van der Waals surface area contributed by atoms with Crippen LogP contribution in [0.25, 0.3) is 0 Å². The zero-order valence-corrected chi connectivity index (χ0v) is 12.0. The standard InChI is InChI=1S/C14H18FN3S/c1-3-8-16-9-13-10-17-14(19-13)18(2)12-6-4-11(15)5-7-12/h4-7,10,16H,3,8-9H2,1-2H3. The zero-order chi connectivity index (χ0) is 13.7. The molecule has 0 fully saturated rings. The minimum atomic E-state index is -0.222. The van der Waals surface area contributed by atoms with Crippen LogP contribution in [-0.4, -0.2) is 18.6 Å². The molecule has 0 aliphatic heterocycles. The summed E-state index contributed by atoms with van der Waals surface area (Å²) in [5.41, 5.74) is 0.934. The van der Waals surface area contributed by atoms with E-state index in [1.165, 1.54) is 17.0 Å². The van der Waals surface area contributed by atoms with Crippen molar-refractivity contribution in [2.24, 2.45) is 0 Å². The first-order valence-corrected chi connectivity index (χ1v) is 7.17. The summed E-state index contributed by atoms with van der Waals surface area (Å²) in [5, 5.41) is 4.27. The summed E-state index contributed by atoms with van der Waals surface area (Å²) in [6.07, 6.45) is 3.02. The van der Waals surface area contributed by atoms with Crippen LogP contribution in [0.1, 0.15) is 18.2 Å². The molecule has 102 valence electrons. The second kappa shape index (κ2) is 6.63. The average Bonchev–Trinajstić information content (AvgIpc) is 2.88. The molecule has 1 aromatic heterocycles. The molecule has 0 radical (unpaired) electrons. The van der Waals surface area contributed by atoms with Gasteiger partial charge in [-0.2, -0.15) is 0 Å². The third kappa shape index (κ3) is 3.75. The van der Waals surface area contributed by atoms with Gasteiger partial charge in [-0.15, -0.1) is 11.3 Å². The van der Waals surface area contributed by atoms with Gasteiger partial charge < -0.3 is 10.2 Å². The Morgan fingerprint density at radius 2 is 2.05 bits per heavy atom. The van der Waals surface area contributed by atoms with E-state index in [1.807, 2.05) is 18.1 Å². The molecule has 2 rings (SSSR count). The van der Waals surface area contributed by atoms with Gasteiger partial charge in [0.15, 0.2) is 5.13 Å². The van der Waals surface area contributed by atoms with Crippen molar-refractivity contribution in [2.75, 3.05) is 18.5 Å². The molecule has 0 bridgehead atoms. The molecule has 5 heteroatoms. The first kappa shape index (κ1) is 14.0. The topological polar surface area (TPSA) is 28.2 Å². The van der Waals surface area contributed by atoms with E-state index in [2.05, 4.69) is 17.2 Å². The van der Waals surface area contributed by atoms with Crippen LogP contribution in [0.15, 0.2) is 30.5 Å². The number of anilines is 2. The third-order valence-corrected chi connectivity index (χ3v) is 3.84. The molecule has 19 heavy (non-hydrogen) atoms. The second-order valence-electron chi connectivity index (χ2n) is 4.32. The lowest BCUT2D eigenvalue weighted by Gasteiger charge is -2.15. The summed E-state index contributed by atoms with van der Waals surface area (Å²) >= 11 is 1.65. The molecule has 0 spiro atoms. The summed E-state index contributed by atoms with van der Waals surface area (Å²) in [4.78, 5) is 7.58. The lowest BCUT2D eigenvalue weighted by molar-refractivity contribution is 0.628. The number of rotatable bonds is 6. The Morgan fingerprint density at radius 1 is 1.32 bits per heavy atom. The summed E-state index contributed by atoms with van der Waals surface area (Å²) in [6.45, 7) is 4.01. The molecule has 0 saturated heterocycles. The van der Waals surface area contributed by atoms with Gasteiger partial charge in [0, 0.05) is 30.4 Å². The Kier molecular flexibility index (Phi) is 4.87. The normalized spacial score (nSPS) is 10.7. The Balaban J connectivity index is 2.03. The fourth-order valence-corrected chi connectivity index (χ4v) is 2.56. The smallest absolute Gasteiger partial charge is 0.189 e. The molecule has 0 unspecified atom stereocenters. The Morgan fingerprint density at radius 3 is 2.74 bits per heavy atom. The SMILES string of the molecule is CCCNCc1cnc(N(C)c2ccc(F)cc2)s1. The highest BCUT2D eigenvalue weighted by Crippen LogP contribution is 2.27. The van der Waals surface area contributed by atoms with Gasteiger partial charge >= 0.3 is 0 Å². The first-order chi connectivity index (χ1) is 9.20. The first-order valence-electron chi connectivity index (χ1n) is 6.35. The number of nitrogens with zero attached hydrogens (tertiary/aromatic N) is 2. The van der Waals surface area contributed by atoms with Crippen LogP contribution in [0.3, 0.4) is 0 Å². The van der Waals surface area contributed by atoms with Gasteiger partial charge in [-0.1, -0.05) is 6.92 Å². The van der Waals surface area contributed by atoms with E-state index in [1.54, 1.807) is 23.5 Å². The molecule has 0 amide bonds. The van der Waals surface area contributed by atoms with Crippen molar-refractivity contribution >= 4 is 22.2 Å². The fraction of sp³-hybridized carbons (Fsp3) is 0.357. The lowest BCUT2D eigenvalue weighted by atomic mass is 10.3. The summed E-state index contributed by atoms with van der Waals surface area (Å²) < 4.78 is 12.9. The summed E-state index contributed by atoms with van der Waals surface area (Å²) in [6, 6.07) is 6.43. The van der Waals surface area contributed by atoms with Crippen LogP contribution in [0.2, 0.25) is 0 Å². The van der Waals surface area contributed by atoms with Crippen molar-refractivity contribution in [3.05, 3.63) is 41.2 Å². The molecular weight excluding hydrogens is 261 g/mol. The lowest BCUT2D eigenvalue weighted by Crippen LogP contribution is -2.12. The van der Waals surface area contributed by atoms with Gasteiger partial charge in [0.05, 0.1) is 0 Å². The molecule has 1 N–H and O–H groups in total. The van der Waals surface area contributed by atoms with Crippen LogP contribution in [0.5, 0.6) is 0 Å². The van der Waals surface area contributed by atoms with Crippen molar-refractivity contribution < 1.29 is 4.39 Å². The average molecular weight is 279 g/mol. The number of benzene rings is 1. The fourth-order valence-electron chi connectivity index (χ4n) is 1.70. The van der Waals surface area contributed by atoms with Crippen molar-refractivity contribution in [1.29, 1.82) is 0 Å². The van der Waals surface area contributed by atoms with Gasteiger partial charge in [-0.25, -0.2) is 9.37 Å². The number of aromatic nitrogens is 1. The van der Waals surface area contributed by atoms with Gasteiger partial charge in [0.1, 0.15) is 5.82 Å². The number of hydrogen-bond donors (Lipinski definition) is 1. The maximum absolute atomic E-state index is 12.9. The molecule has 1 aromatic carbocycles. The number of nitrogens with one attached hydrogen (secondary N) is 1. The van der Waals surface area contributed by atoms with E-state index in [4.69, 9.17) is 0 Å². The van der Waals surface area contributed by atoms with E-state index < -0.39 is 0 Å². The molecular formula is C14H18FN3S. The second-order valence-corrected chi connectivity index (χ2v) is 5.42. The predicted octanol–water partition coefficient (Wildman–Crippen LogP) is 3.55. The van der Waals surface area contributed by atoms with Gasteiger partial charge in [-0.05, 0) is 37.2 Å². The van der Waals surface area contributed by atoms with E-state index in [0.29, 0.717) is 0 Å². The van der Waals surface area contributed by atoms with Gasteiger partial charge in [0.25, 0.3) is 0 Å². The molecule has 0 aliphatic rings. The van der Waals surface area contributed by atoms with Crippen molar-refractivity contribution in [2.45, 2.75) is 19.9 Å². The quantitative estimate of drug-likeness (QED) is 0.820. The number of thiazole rings is 1. The Labute approximate surface area is 117 Å². The zero-order valence-electron chi connectivity index (χ0n) is 11.2. The van der Waals surface area contributed by atoms with Crippen molar-refractivity contribution in [3.8, 4) is 0 Å². The third-order valence-electron chi connectivity index (χ3n) is 2.77. The molecule has 0 saturated carbocycles. The van der Waals surface area contributed by atoms with Gasteiger partial charge in [0.2, 0.25) is 0 Å². The maximum atomic E-state index is 12.9. The Bertz CT molecular complexity index is 510. The van der Waals surface area contributed by atoms with Crippen LogP contribution in [0.4, 0.5) is 15.2 Å². The van der Waals surface area contributed by atoms with Crippen molar-refractivity contribution in [3.63, 3.8) is 0 Å². The largest absolute Gasteiger partial charge is 0.321 e. The van der Waals surface area contributed by atoms with E-state index in [-0.39, 0.29) is 5.82 Å². The van der Waals surface area contributed by atoms with E-state index in [0.717, 1.165) is 30.3 Å². The van der Waals surface area contributed by atoms with Crippen LogP contribution in [-0.2, 0) is 6.54 Å². The molecule has 3 nitrogen and oxygen atoms in total. The highest BCUT2D eigenvalue weighted by Gasteiger charge is 2.09. The highest BCUT2D eigenvalue weighted by molar-refractivity contribution is 7.15. The number of halogens is 1. The number of hydrogen-bond acceptors (Lipinski definition) is 4. The van der Waals surface area contributed by atoms with E-state index in [9.17, 15) is 4.39 Å². The van der Waals surface area contributed by atoms with Crippen molar-refractivity contribution in [1.82, 2.24) is 10.3 Å². The van der Waals surface area contributed by atoms with Crippen LogP contribution < -0.4 is 10.2 Å². The van der Waals surface area contributed by atoms with E-state index >= 15 is 0 Å². The molecule has 2 aromatic rings. The monoisotopic (exact) mass is 279 g/mol. The predicted molar refractivity (Wildman–Crippen MR) is 78.6 cm³/mol. The summed E-state index contributed by atoms with van der Waals surface area (Å²) in [7, 11) is 1.94. The van der Waals surface area contributed by atoms with Crippen LogP contribution >= 0.6 is 11.3 Å².